The van der Waals surface area contributed by atoms with E-state index < -0.39 is 45.5 Å². The lowest BCUT2D eigenvalue weighted by atomic mass is 9.64. The highest BCUT2D eigenvalue weighted by molar-refractivity contribution is 6.08. The number of carbonyl (C=O) groups is 1. The average molecular weight is 506 g/mol. The van der Waals surface area contributed by atoms with E-state index >= 15 is 8.78 Å². The van der Waals surface area contributed by atoms with Crippen LogP contribution in [-0.4, -0.2) is 47.5 Å². The minimum absolute atomic E-state index is 0.284. The maximum absolute atomic E-state index is 15.9. The first-order valence-electron chi connectivity index (χ1n) is 12.7. The molecule has 2 aliphatic carbocycles. The van der Waals surface area contributed by atoms with E-state index in [2.05, 4.69) is 35.5 Å². The van der Waals surface area contributed by atoms with Gasteiger partial charge in [0.1, 0.15) is 24.5 Å². The summed E-state index contributed by atoms with van der Waals surface area (Å²) in [5, 5.41) is 9.93. The molecule has 0 atom stereocenters. The van der Waals surface area contributed by atoms with E-state index in [9.17, 15) is 14.3 Å². The molecule has 6 rings (SSSR count). The van der Waals surface area contributed by atoms with Crippen molar-refractivity contribution < 1.29 is 27.6 Å². The second-order valence-electron chi connectivity index (χ2n) is 10.8. The topological polar surface area (TPSA) is 43.5 Å². The summed E-state index contributed by atoms with van der Waals surface area (Å²) in [7, 11) is 0. The Morgan fingerprint density at radius 3 is 2.35 bits per heavy atom. The number of allylic oxidation sites excluding steroid dienone is 5. The number of hydrogen-bond acceptors (Lipinski definition) is 2. The lowest BCUT2D eigenvalue weighted by molar-refractivity contribution is -0.582. The molecule has 37 heavy (non-hydrogen) atoms. The van der Waals surface area contributed by atoms with Crippen molar-refractivity contribution in [2.75, 3.05) is 31.1 Å². The van der Waals surface area contributed by atoms with Crippen LogP contribution in [0.5, 0.6) is 0 Å². The molecule has 190 valence electrons. The predicted molar refractivity (Wildman–Crippen MR) is 137 cm³/mol. The second-order valence-corrected chi connectivity index (χ2v) is 10.8. The lowest BCUT2D eigenvalue weighted by Gasteiger charge is -2.41. The maximum atomic E-state index is 15.9. The molecule has 2 aliphatic heterocycles. The summed E-state index contributed by atoms with van der Waals surface area (Å²) >= 11 is 0. The largest absolute Gasteiger partial charge is 0.478 e. The zero-order valence-electron chi connectivity index (χ0n) is 21.1. The molecule has 4 aliphatic rings. The minimum atomic E-state index is -1.71. The van der Waals surface area contributed by atoms with Gasteiger partial charge in [-0.2, -0.15) is 0 Å². The molecule has 2 fully saturated rings. The van der Waals surface area contributed by atoms with Gasteiger partial charge in [0.2, 0.25) is 0 Å². The van der Waals surface area contributed by atoms with Gasteiger partial charge in [0.25, 0.3) is 0 Å². The number of carboxylic acids is 1. The Hall–Kier alpha value is -3.61. The van der Waals surface area contributed by atoms with Gasteiger partial charge in [-0.3, -0.25) is 0 Å². The number of hydrogen-bond donors (Lipinski definition) is 1. The van der Waals surface area contributed by atoms with Crippen LogP contribution in [0.2, 0.25) is 0 Å². The van der Waals surface area contributed by atoms with E-state index in [0.29, 0.717) is 11.1 Å². The van der Waals surface area contributed by atoms with Crippen molar-refractivity contribution >= 4 is 22.9 Å². The molecule has 0 radical (unpaired) electrons. The van der Waals surface area contributed by atoms with Crippen LogP contribution in [0.4, 0.5) is 18.9 Å². The Kier molecular flexibility index (Phi) is 5.27. The van der Waals surface area contributed by atoms with Crippen molar-refractivity contribution in [2.24, 2.45) is 0 Å². The summed E-state index contributed by atoms with van der Waals surface area (Å²) in [6.07, 6.45) is 8.12. The smallest absolute Gasteiger partial charge is 0.339 e. The molecule has 4 nitrogen and oxygen atoms in total. The number of halogens is 3. The summed E-state index contributed by atoms with van der Waals surface area (Å²) < 4.78 is 47.8. The fourth-order valence-corrected chi connectivity index (χ4v) is 5.85. The Labute approximate surface area is 213 Å². The number of fused-ring (bicyclic) bond motifs is 2. The van der Waals surface area contributed by atoms with Crippen LogP contribution in [0, 0.1) is 24.4 Å². The zero-order valence-corrected chi connectivity index (χ0v) is 21.1. The van der Waals surface area contributed by atoms with E-state index in [1.807, 2.05) is 24.3 Å². The fraction of sp³-hybridized carbons (Fsp3) is 0.333. The van der Waals surface area contributed by atoms with Crippen LogP contribution in [0.1, 0.15) is 59.3 Å². The number of anilines is 1. The summed E-state index contributed by atoms with van der Waals surface area (Å²) in [6, 6.07) is 5.89. The van der Waals surface area contributed by atoms with Crippen LogP contribution < -0.4 is 4.90 Å². The van der Waals surface area contributed by atoms with E-state index in [0.717, 1.165) is 68.5 Å². The van der Waals surface area contributed by atoms with E-state index in [1.165, 1.54) is 0 Å². The third-order valence-corrected chi connectivity index (χ3v) is 8.34. The van der Waals surface area contributed by atoms with Crippen molar-refractivity contribution in [2.45, 2.75) is 39.0 Å². The highest BCUT2D eigenvalue weighted by atomic mass is 19.2. The van der Waals surface area contributed by atoms with Gasteiger partial charge in [-0.15, -0.1) is 0 Å². The molecular weight excluding hydrogens is 477 g/mol. The quantitative estimate of drug-likeness (QED) is 0.426. The van der Waals surface area contributed by atoms with Crippen LogP contribution in [0.25, 0.3) is 5.57 Å². The number of carboxylic acid groups (broad SMARTS) is 1. The molecule has 7 heteroatoms. The Balaban J connectivity index is 1.72. The number of rotatable bonds is 3. The van der Waals surface area contributed by atoms with Gasteiger partial charge in [0.05, 0.1) is 6.42 Å². The van der Waals surface area contributed by atoms with Crippen molar-refractivity contribution in [1.29, 1.82) is 0 Å². The van der Waals surface area contributed by atoms with Gasteiger partial charge in [-0.05, 0) is 53.8 Å². The first kappa shape index (κ1) is 23.8. The third kappa shape index (κ3) is 3.36. The molecule has 0 amide bonds. The van der Waals surface area contributed by atoms with Crippen LogP contribution in [0.3, 0.4) is 0 Å². The van der Waals surface area contributed by atoms with Crippen LogP contribution >= 0.6 is 0 Å². The van der Waals surface area contributed by atoms with Crippen LogP contribution in [-0.2, 0) is 5.41 Å². The molecule has 0 aromatic heterocycles. The first-order chi connectivity index (χ1) is 17.6. The normalized spacial score (nSPS) is 19.7. The van der Waals surface area contributed by atoms with E-state index in [4.69, 9.17) is 0 Å². The third-order valence-electron chi connectivity index (χ3n) is 8.34. The predicted octanol–water partition coefficient (Wildman–Crippen LogP) is 5.77. The Bertz CT molecular complexity index is 1520. The number of benzene rings is 2. The molecule has 2 aromatic carbocycles. The summed E-state index contributed by atoms with van der Waals surface area (Å²) in [4.78, 5) is 14.5. The molecule has 0 spiro atoms. The van der Waals surface area contributed by atoms with Gasteiger partial charge in [-0.25, -0.2) is 22.5 Å². The summed E-state index contributed by atoms with van der Waals surface area (Å²) in [5.41, 5.74) is 3.01. The van der Waals surface area contributed by atoms with Gasteiger partial charge >= 0.3 is 5.97 Å². The Morgan fingerprint density at radius 2 is 1.76 bits per heavy atom. The lowest BCUT2D eigenvalue weighted by Crippen LogP contribution is -2.38. The maximum Gasteiger partial charge on any atom is 0.339 e. The van der Waals surface area contributed by atoms with Gasteiger partial charge < -0.3 is 10.0 Å². The molecule has 2 heterocycles. The van der Waals surface area contributed by atoms with E-state index in [1.54, 1.807) is 0 Å². The van der Waals surface area contributed by atoms with Gasteiger partial charge in [0, 0.05) is 53.0 Å². The molecule has 0 bridgehead atoms. The summed E-state index contributed by atoms with van der Waals surface area (Å²) in [6.45, 7) is 9.14. The molecular formula is C30H28F3N2O2+. The zero-order chi connectivity index (χ0) is 26.2. The Morgan fingerprint density at radius 1 is 1.03 bits per heavy atom. The average Bonchev–Trinajstić information content (AvgIpc) is 2.79. The number of aromatic carboxylic acids is 1. The minimum Gasteiger partial charge on any atom is -0.478 e. The number of nitrogens with zero attached hydrogens (tertiary/aromatic N) is 2. The van der Waals surface area contributed by atoms with Crippen molar-refractivity contribution in [3.63, 3.8) is 0 Å². The fourth-order valence-electron chi connectivity index (χ4n) is 5.85. The van der Waals surface area contributed by atoms with Gasteiger partial charge in [0.15, 0.2) is 17.3 Å². The molecule has 0 unspecified atom stereocenters. The monoisotopic (exact) mass is 505 g/mol. The van der Waals surface area contributed by atoms with Gasteiger partial charge in [-0.1, -0.05) is 19.9 Å². The SMILES string of the molecule is Cc1c(F)c(F)c(C(=O)O)c(C2=C3C=CC(=[N+]4CCC4)C=C3C(C)(C)c3cc(N4CCC4)ccc32)c1F. The standard InChI is InChI=1S/C30H27F3N2O2/c1-16-26(31)24(25(29(36)37)28(33)27(16)32)23-19-8-6-17(34-10-4-11-34)14-21(19)30(2,3)22-15-18(7-9-20(22)23)35-12-5-13-35/h6-9,14-15H,4-5,10-13H2,1-3H3/p+1. The summed E-state index contributed by atoms with van der Waals surface area (Å²) in [5.74, 6) is -5.78. The van der Waals surface area contributed by atoms with Crippen molar-refractivity contribution in [3.8, 4) is 0 Å². The van der Waals surface area contributed by atoms with Crippen LogP contribution in [0.15, 0.2) is 47.6 Å². The first-order valence-corrected chi connectivity index (χ1v) is 12.7. The second kappa shape index (κ2) is 8.20. The molecule has 2 aromatic rings. The molecule has 0 saturated carbocycles. The highest BCUT2D eigenvalue weighted by Crippen LogP contribution is 2.52. The molecule has 1 N–H and O–H groups in total. The van der Waals surface area contributed by atoms with Crippen molar-refractivity contribution in [1.82, 2.24) is 0 Å². The van der Waals surface area contributed by atoms with E-state index in [-0.39, 0.29) is 5.57 Å². The molecule has 2 saturated heterocycles. The van der Waals surface area contributed by atoms with Crippen molar-refractivity contribution in [3.05, 3.63) is 92.8 Å². The highest BCUT2D eigenvalue weighted by Gasteiger charge is 2.42.